The summed E-state index contributed by atoms with van der Waals surface area (Å²) in [6.07, 6.45) is 4.34. The van der Waals surface area contributed by atoms with Crippen LogP contribution in [0.15, 0.2) is 73.7 Å². The van der Waals surface area contributed by atoms with Gasteiger partial charge >= 0.3 is 0 Å². The first-order chi connectivity index (χ1) is 13.9. The summed E-state index contributed by atoms with van der Waals surface area (Å²) in [6.45, 7) is 3.64. The number of nitrogens with zero attached hydrogens (tertiary/aromatic N) is 2. The van der Waals surface area contributed by atoms with E-state index in [1.54, 1.807) is 41.0 Å². The number of nitrogens with one attached hydrogen (secondary N) is 2. The number of rotatable bonds is 8. The van der Waals surface area contributed by atoms with Crippen LogP contribution < -0.4 is 10.0 Å². The van der Waals surface area contributed by atoms with E-state index in [4.69, 9.17) is 0 Å². The van der Waals surface area contributed by atoms with E-state index >= 15 is 0 Å². The molecular formula is C20H19FN4O3S. The Morgan fingerprint density at radius 3 is 2.48 bits per heavy atom. The molecule has 0 saturated carbocycles. The Hall–Kier alpha value is -3.30. The second kappa shape index (κ2) is 8.80. The van der Waals surface area contributed by atoms with E-state index in [0.29, 0.717) is 16.9 Å². The molecule has 3 rings (SSSR count). The molecule has 0 aliphatic rings. The van der Waals surface area contributed by atoms with Crippen molar-refractivity contribution in [3.05, 3.63) is 90.8 Å². The Morgan fingerprint density at radius 1 is 1.14 bits per heavy atom. The second-order valence-corrected chi connectivity index (χ2v) is 7.98. The van der Waals surface area contributed by atoms with Crippen molar-refractivity contribution in [2.45, 2.75) is 5.75 Å². The molecule has 0 saturated heterocycles. The first-order valence-electron chi connectivity index (χ1n) is 8.65. The van der Waals surface area contributed by atoms with E-state index in [9.17, 15) is 17.6 Å². The van der Waals surface area contributed by atoms with Crippen LogP contribution >= 0.6 is 0 Å². The van der Waals surface area contributed by atoms with Crippen molar-refractivity contribution in [1.29, 1.82) is 0 Å². The number of aromatic nitrogens is 2. The third-order valence-electron chi connectivity index (χ3n) is 3.99. The van der Waals surface area contributed by atoms with E-state index in [1.807, 2.05) is 0 Å². The van der Waals surface area contributed by atoms with Crippen LogP contribution in [0.2, 0.25) is 0 Å². The van der Waals surface area contributed by atoms with Gasteiger partial charge in [-0.25, -0.2) is 22.5 Å². The number of carbonyl (C=O) groups is 1. The average molecular weight is 414 g/mol. The molecule has 29 heavy (non-hydrogen) atoms. The molecule has 150 valence electrons. The minimum absolute atomic E-state index is 0.165. The van der Waals surface area contributed by atoms with Crippen LogP contribution in [0, 0.1) is 5.82 Å². The van der Waals surface area contributed by atoms with Crippen molar-refractivity contribution in [1.82, 2.24) is 14.3 Å². The van der Waals surface area contributed by atoms with Crippen LogP contribution in [-0.4, -0.2) is 30.4 Å². The van der Waals surface area contributed by atoms with Crippen molar-refractivity contribution in [3.8, 4) is 5.69 Å². The van der Waals surface area contributed by atoms with E-state index in [0.717, 1.165) is 0 Å². The lowest BCUT2D eigenvalue weighted by atomic mass is 10.2. The predicted octanol–water partition coefficient (Wildman–Crippen LogP) is 2.87. The second-order valence-electron chi connectivity index (χ2n) is 6.17. The van der Waals surface area contributed by atoms with Gasteiger partial charge in [0.1, 0.15) is 11.5 Å². The maximum atomic E-state index is 13.1. The van der Waals surface area contributed by atoms with Crippen LogP contribution in [0.4, 0.5) is 10.1 Å². The largest absolute Gasteiger partial charge is 0.321 e. The molecule has 7 nitrogen and oxygen atoms in total. The molecule has 0 spiro atoms. The zero-order chi connectivity index (χ0) is 20.9. The highest BCUT2D eigenvalue weighted by molar-refractivity contribution is 7.88. The quantitative estimate of drug-likeness (QED) is 0.555. The summed E-state index contributed by atoms with van der Waals surface area (Å²) in [5, 5.41) is 2.74. The zero-order valence-electron chi connectivity index (χ0n) is 15.4. The van der Waals surface area contributed by atoms with Gasteiger partial charge in [-0.2, -0.15) is 0 Å². The Morgan fingerprint density at radius 2 is 1.83 bits per heavy atom. The molecule has 0 radical (unpaired) electrons. The summed E-state index contributed by atoms with van der Waals surface area (Å²) in [7, 11) is -3.45. The number of imidazole rings is 1. The maximum Gasteiger partial charge on any atom is 0.274 e. The molecule has 0 aliphatic heterocycles. The SMILES string of the molecule is C=CCNS(=O)(=O)Cc1ccc(NC(=O)c2cncn2-c2ccc(F)cc2)cc1. The van der Waals surface area contributed by atoms with Gasteiger partial charge < -0.3 is 5.32 Å². The number of halogens is 1. The van der Waals surface area contributed by atoms with Crippen molar-refractivity contribution < 1.29 is 17.6 Å². The van der Waals surface area contributed by atoms with Gasteiger partial charge in [-0.3, -0.25) is 9.36 Å². The number of hydrogen-bond donors (Lipinski definition) is 2. The number of carbonyl (C=O) groups excluding carboxylic acids is 1. The highest BCUT2D eigenvalue weighted by atomic mass is 32.2. The third-order valence-corrected chi connectivity index (χ3v) is 5.31. The Labute approximate surface area is 168 Å². The summed E-state index contributed by atoms with van der Waals surface area (Å²) in [6, 6.07) is 12.2. The normalized spacial score (nSPS) is 11.2. The van der Waals surface area contributed by atoms with Gasteiger partial charge in [-0.1, -0.05) is 18.2 Å². The Bertz CT molecular complexity index is 1110. The highest BCUT2D eigenvalue weighted by Gasteiger charge is 2.14. The Balaban J connectivity index is 1.70. The first-order valence-corrected chi connectivity index (χ1v) is 10.3. The van der Waals surface area contributed by atoms with Gasteiger partial charge in [-0.15, -0.1) is 6.58 Å². The van der Waals surface area contributed by atoms with Gasteiger partial charge in [0.15, 0.2) is 0 Å². The molecule has 2 N–H and O–H groups in total. The number of amides is 1. The molecule has 0 unspecified atom stereocenters. The van der Waals surface area contributed by atoms with Crippen LogP contribution in [-0.2, 0) is 15.8 Å². The summed E-state index contributed by atoms with van der Waals surface area (Å²) >= 11 is 0. The standard InChI is InChI=1S/C20H19FN4O3S/c1-2-11-23-29(27,28)13-15-3-7-17(8-4-15)24-20(26)19-12-22-14-25(19)18-9-5-16(21)6-10-18/h2-10,12,14,23H,1,11,13H2,(H,24,26). The lowest BCUT2D eigenvalue weighted by Crippen LogP contribution is -2.25. The van der Waals surface area contributed by atoms with E-state index < -0.39 is 15.9 Å². The lowest BCUT2D eigenvalue weighted by molar-refractivity contribution is 0.102. The number of anilines is 1. The maximum absolute atomic E-state index is 13.1. The van der Waals surface area contributed by atoms with Crippen LogP contribution in [0.25, 0.3) is 5.69 Å². The lowest BCUT2D eigenvalue weighted by Gasteiger charge is -2.10. The van der Waals surface area contributed by atoms with Crippen molar-refractivity contribution in [2.24, 2.45) is 0 Å². The molecule has 1 heterocycles. The van der Waals surface area contributed by atoms with Crippen molar-refractivity contribution in [3.63, 3.8) is 0 Å². The molecule has 0 bridgehead atoms. The summed E-state index contributed by atoms with van der Waals surface area (Å²) in [5.74, 6) is -0.951. The molecular weight excluding hydrogens is 395 g/mol. The molecule has 0 fully saturated rings. The smallest absolute Gasteiger partial charge is 0.274 e. The zero-order valence-corrected chi connectivity index (χ0v) is 16.2. The number of sulfonamides is 1. The molecule has 0 atom stereocenters. The fourth-order valence-electron chi connectivity index (χ4n) is 2.61. The van der Waals surface area contributed by atoms with E-state index in [2.05, 4.69) is 21.6 Å². The molecule has 9 heteroatoms. The number of hydrogen-bond acceptors (Lipinski definition) is 4. The fourth-order valence-corrected chi connectivity index (χ4v) is 3.71. The fraction of sp³-hybridized carbons (Fsp3) is 0.100. The molecule has 1 amide bonds. The minimum atomic E-state index is -3.45. The van der Waals surface area contributed by atoms with Gasteiger partial charge in [0.2, 0.25) is 10.0 Å². The first kappa shape index (κ1) is 20.4. The van der Waals surface area contributed by atoms with Crippen LogP contribution in [0.1, 0.15) is 16.1 Å². The summed E-state index contributed by atoms with van der Waals surface area (Å²) in [4.78, 5) is 16.6. The van der Waals surface area contributed by atoms with Crippen LogP contribution in [0.5, 0.6) is 0 Å². The summed E-state index contributed by atoms with van der Waals surface area (Å²) < 4.78 is 40.9. The van der Waals surface area contributed by atoms with E-state index in [-0.39, 0.29) is 23.8 Å². The molecule has 2 aromatic carbocycles. The molecule has 3 aromatic rings. The monoisotopic (exact) mass is 414 g/mol. The third kappa shape index (κ3) is 5.37. The van der Waals surface area contributed by atoms with Gasteiger partial charge in [0.05, 0.1) is 18.3 Å². The number of benzene rings is 2. The van der Waals surface area contributed by atoms with Gasteiger partial charge in [-0.05, 0) is 42.0 Å². The summed E-state index contributed by atoms with van der Waals surface area (Å²) in [5.41, 5.74) is 1.96. The van der Waals surface area contributed by atoms with Gasteiger partial charge in [0.25, 0.3) is 5.91 Å². The average Bonchev–Trinajstić information content (AvgIpc) is 3.18. The van der Waals surface area contributed by atoms with E-state index in [1.165, 1.54) is 30.7 Å². The van der Waals surface area contributed by atoms with Crippen LogP contribution in [0.3, 0.4) is 0 Å². The van der Waals surface area contributed by atoms with Crippen molar-refractivity contribution >= 4 is 21.6 Å². The minimum Gasteiger partial charge on any atom is -0.321 e. The molecule has 1 aromatic heterocycles. The highest BCUT2D eigenvalue weighted by Crippen LogP contribution is 2.16. The van der Waals surface area contributed by atoms with Crippen molar-refractivity contribution in [2.75, 3.05) is 11.9 Å². The Kier molecular flexibility index (Phi) is 6.20. The molecule has 0 aliphatic carbocycles. The van der Waals surface area contributed by atoms with Gasteiger partial charge in [0, 0.05) is 17.9 Å². The topological polar surface area (TPSA) is 93.1 Å². The predicted molar refractivity (Wildman–Crippen MR) is 109 cm³/mol.